The molecule has 0 spiro atoms. The lowest BCUT2D eigenvalue weighted by Gasteiger charge is -2.19. The van der Waals surface area contributed by atoms with Gasteiger partial charge >= 0.3 is 5.97 Å². The molecule has 0 aliphatic heterocycles. The number of ether oxygens (including phenoxy) is 2. The SMILES string of the molecule is COC(=O)c1cc(-c2cccc(OCCCO)c2)cc(NC2CCCC2)c1C=N. The fraction of sp³-hybridized carbons (Fsp3) is 0.391. The topological polar surface area (TPSA) is 91.6 Å². The first-order valence-electron chi connectivity index (χ1n) is 10.0. The van der Waals surface area contributed by atoms with Gasteiger partial charge in [-0.25, -0.2) is 4.79 Å². The Balaban J connectivity index is 2.00. The molecule has 0 amide bonds. The van der Waals surface area contributed by atoms with Gasteiger partial charge in [0.05, 0.1) is 19.3 Å². The number of aliphatic hydroxyl groups is 1. The molecule has 154 valence electrons. The van der Waals surface area contributed by atoms with Crippen molar-refractivity contribution in [3.8, 4) is 16.9 Å². The van der Waals surface area contributed by atoms with Crippen molar-refractivity contribution in [2.75, 3.05) is 25.6 Å². The number of methoxy groups -OCH3 is 1. The summed E-state index contributed by atoms with van der Waals surface area (Å²) in [5.74, 6) is 0.243. The summed E-state index contributed by atoms with van der Waals surface area (Å²) in [7, 11) is 1.35. The van der Waals surface area contributed by atoms with E-state index in [2.05, 4.69) is 5.32 Å². The molecule has 0 unspecified atom stereocenters. The lowest BCUT2D eigenvalue weighted by atomic mass is 9.97. The zero-order valence-corrected chi connectivity index (χ0v) is 16.7. The van der Waals surface area contributed by atoms with Gasteiger partial charge in [-0.3, -0.25) is 0 Å². The van der Waals surface area contributed by atoms with Crippen LogP contribution < -0.4 is 10.1 Å². The van der Waals surface area contributed by atoms with Crippen LogP contribution in [0.3, 0.4) is 0 Å². The van der Waals surface area contributed by atoms with Gasteiger partial charge < -0.3 is 25.3 Å². The number of aliphatic hydroxyl groups excluding tert-OH is 1. The van der Waals surface area contributed by atoms with E-state index < -0.39 is 5.97 Å². The van der Waals surface area contributed by atoms with Crippen LogP contribution in [-0.4, -0.2) is 43.7 Å². The number of rotatable bonds is 9. The van der Waals surface area contributed by atoms with Crippen LogP contribution in [0, 0.1) is 5.41 Å². The molecule has 0 radical (unpaired) electrons. The number of hydrogen-bond acceptors (Lipinski definition) is 6. The highest BCUT2D eigenvalue weighted by molar-refractivity contribution is 6.04. The summed E-state index contributed by atoms with van der Waals surface area (Å²) < 4.78 is 10.7. The van der Waals surface area contributed by atoms with Crippen LogP contribution in [0.15, 0.2) is 36.4 Å². The smallest absolute Gasteiger partial charge is 0.338 e. The molecule has 0 aromatic heterocycles. The zero-order chi connectivity index (χ0) is 20.6. The van der Waals surface area contributed by atoms with Gasteiger partial charge in [0.15, 0.2) is 0 Å². The van der Waals surface area contributed by atoms with Crippen molar-refractivity contribution in [1.82, 2.24) is 0 Å². The van der Waals surface area contributed by atoms with E-state index in [-0.39, 0.29) is 6.61 Å². The average molecular weight is 396 g/mol. The summed E-state index contributed by atoms with van der Waals surface area (Å²) in [6, 6.07) is 11.7. The highest BCUT2D eigenvalue weighted by Crippen LogP contribution is 2.32. The van der Waals surface area contributed by atoms with E-state index in [1.165, 1.54) is 26.2 Å². The molecule has 0 heterocycles. The largest absolute Gasteiger partial charge is 0.493 e. The lowest BCUT2D eigenvalue weighted by Crippen LogP contribution is -2.17. The van der Waals surface area contributed by atoms with E-state index in [0.29, 0.717) is 35.9 Å². The Morgan fingerprint density at radius 2 is 2.03 bits per heavy atom. The highest BCUT2D eigenvalue weighted by Gasteiger charge is 2.21. The van der Waals surface area contributed by atoms with E-state index in [1.807, 2.05) is 30.3 Å². The molecule has 6 nitrogen and oxygen atoms in total. The Morgan fingerprint density at radius 3 is 2.72 bits per heavy atom. The second kappa shape index (κ2) is 10.1. The summed E-state index contributed by atoms with van der Waals surface area (Å²) in [5.41, 5.74) is 3.44. The number of benzene rings is 2. The van der Waals surface area contributed by atoms with Gasteiger partial charge in [-0.15, -0.1) is 0 Å². The third-order valence-corrected chi connectivity index (χ3v) is 5.18. The molecule has 0 bridgehead atoms. The molecule has 2 aromatic carbocycles. The summed E-state index contributed by atoms with van der Waals surface area (Å²) in [6.07, 6.45) is 6.33. The molecule has 3 rings (SSSR count). The van der Waals surface area contributed by atoms with Gasteiger partial charge in [0.2, 0.25) is 0 Å². The van der Waals surface area contributed by atoms with Crippen LogP contribution in [-0.2, 0) is 4.74 Å². The number of carbonyl (C=O) groups excluding carboxylic acids is 1. The minimum atomic E-state index is -0.463. The summed E-state index contributed by atoms with van der Waals surface area (Å²) in [5, 5.41) is 20.3. The van der Waals surface area contributed by atoms with E-state index in [0.717, 1.165) is 29.7 Å². The molecular weight excluding hydrogens is 368 g/mol. The minimum Gasteiger partial charge on any atom is -0.493 e. The van der Waals surface area contributed by atoms with Crippen LogP contribution >= 0.6 is 0 Å². The number of carbonyl (C=O) groups is 1. The Morgan fingerprint density at radius 1 is 1.24 bits per heavy atom. The molecule has 1 aliphatic carbocycles. The Kier molecular flexibility index (Phi) is 7.25. The van der Waals surface area contributed by atoms with Crippen molar-refractivity contribution in [3.05, 3.63) is 47.5 Å². The quantitative estimate of drug-likeness (QED) is 0.335. The third kappa shape index (κ3) is 5.15. The fourth-order valence-electron chi connectivity index (χ4n) is 3.68. The average Bonchev–Trinajstić information content (AvgIpc) is 3.26. The van der Waals surface area contributed by atoms with E-state index >= 15 is 0 Å². The predicted molar refractivity (Wildman–Crippen MR) is 114 cm³/mol. The van der Waals surface area contributed by atoms with Crippen LogP contribution in [0.25, 0.3) is 11.1 Å². The van der Waals surface area contributed by atoms with Gasteiger partial charge in [-0.1, -0.05) is 25.0 Å². The maximum absolute atomic E-state index is 12.4. The molecule has 2 aromatic rings. The Hall–Kier alpha value is -2.86. The minimum absolute atomic E-state index is 0.0868. The normalized spacial score (nSPS) is 13.9. The van der Waals surface area contributed by atoms with E-state index in [4.69, 9.17) is 20.0 Å². The maximum atomic E-state index is 12.4. The fourth-order valence-corrected chi connectivity index (χ4v) is 3.68. The first kappa shape index (κ1) is 20.9. The summed E-state index contributed by atoms with van der Waals surface area (Å²) in [6.45, 7) is 0.526. The molecule has 1 saturated carbocycles. The monoisotopic (exact) mass is 396 g/mol. The van der Waals surface area contributed by atoms with Crippen LogP contribution in [0.1, 0.15) is 48.0 Å². The van der Waals surface area contributed by atoms with Crippen molar-refractivity contribution in [1.29, 1.82) is 5.41 Å². The third-order valence-electron chi connectivity index (χ3n) is 5.18. The molecule has 6 heteroatoms. The zero-order valence-electron chi connectivity index (χ0n) is 16.7. The molecular formula is C23H28N2O4. The second-order valence-corrected chi connectivity index (χ2v) is 7.20. The lowest BCUT2D eigenvalue weighted by molar-refractivity contribution is 0.0600. The Labute approximate surface area is 171 Å². The first-order chi connectivity index (χ1) is 14.2. The van der Waals surface area contributed by atoms with Gasteiger partial charge in [0, 0.05) is 36.5 Å². The Bertz CT molecular complexity index is 860. The van der Waals surface area contributed by atoms with Crippen LogP contribution in [0.5, 0.6) is 5.75 Å². The van der Waals surface area contributed by atoms with Crippen molar-refractivity contribution < 1.29 is 19.4 Å². The molecule has 29 heavy (non-hydrogen) atoms. The van der Waals surface area contributed by atoms with Gasteiger partial charge in [0.1, 0.15) is 5.75 Å². The first-order valence-corrected chi connectivity index (χ1v) is 10.0. The van der Waals surface area contributed by atoms with Crippen molar-refractivity contribution in [2.24, 2.45) is 0 Å². The molecule has 0 atom stereocenters. The predicted octanol–water partition coefficient (Wildman–Crippen LogP) is 4.25. The number of hydrogen-bond donors (Lipinski definition) is 3. The van der Waals surface area contributed by atoms with Crippen LogP contribution in [0.4, 0.5) is 5.69 Å². The summed E-state index contributed by atoms with van der Waals surface area (Å²) >= 11 is 0. The van der Waals surface area contributed by atoms with Gasteiger partial charge in [-0.05, 0) is 48.2 Å². The van der Waals surface area contributed by atoms with E-state index in [9.17, 15) is 4.79 Å². The summed E-state index contributed by atoms with van der Waals surface area (Å²) in [4.78, 5) is 12.4. The number of esters is 1. The highest BCUT2D eigenvalue weighted by atomic mass is 16.5. The van der Waals surface area contributed by atoms with Gasteiger partial charge in [-0.2, -0.15) is 0 Å². The molecule has 3 N–H and O–H groups in total. The van der Waals surface area contributed by atoms with Crippen molar-refractivity contribution >= 4 is 17.9 Å². The molecule has 1 aliphatic rings. The number of nitrogens with one attached hydrogen (secondary N) is 2. The molecule has 0 saturated heterocycles. The number of anilines is 1. The van der Waals surface area contributed by atoms with Crippen molar-refractivity contribution in [3.63, 3.8) is 0 Å². The van der Waals surface area contributed by atoms with Crippen molar-refractivity contribution in [2.45, 2.75) is 38.1 Å². The second-order valence-electron chi connectivity index (χ2n) is 7.20. The maximum Gasteiger partial charge on any atom is 0.338 e. The molecule has 1 fully saturated rings. The van der Waals surface area contributed by atoms with E-state index in [1.54, 1.807) is 6.07 Å². The van der Waals surface area contributed by atoms with Crippen LogP contribution in [0.2, 0.25) is 0 Å². The van der Waals surface area contributed by atoms with Gasteiger partial charge in [0.25, 0.3) is 0 Å². The standard InChI is InChI=1S/C23H28N2O4/c1-28-23(27)20-13-17(16-6-4-9-19(12-16)29-11-5-10-26)14-22(21(20)15-24)25-18-7-2-3-8-18/h4,6,9,12-15,18,24-26H,2-3,5,7-8,10-11H2,1H3.